The fourth-order valence-corrected chi connectivity index (χ4v) is 5.19. The predicted octanol–water partition coefficient (Wildman–Crippen LogP) is 4.75. The fraction of sp³-hybridized carbons (Fsp3) is 0.167. The first kappa shape index (κ1) is 17.8. The van der Waals surface area contributed by atoms with Crippen LogP contribution in [-0.2, 0) is 0 Å². The van der Waals surface area contributed by atoms with Crippen molar-refractivity contribution in [3.8, 4) is 0 Å². The lowest BCUT2D eigenvalue weighted by atomic mass is 10.1. The second-order valence-electron chi connectivity index (χ2n) is 7.28. The third-order valence-electron chi connectivity index (χ3n) is 5.00. The molecule has 4 rings (SSSR count). The molecule has 136 valence electrons. The topological polar surface area (TPSA) is 6.48 Å². The van der Waals surface area contributed by atoms with Crippen molar-refractivity contribution in [3.05, 3.63) is 72.8 Å². The van der Waals surface area contributed by atoms with Gasteiger partial charge in [-0.05, 0) is 33.5 Å². The molecule has 0 unspecified atom stereocenters. The minimum Gasteiger partial charge on any atom is -0.377 e. The normalized spacial score (nSPS) is 11.1. The maximum Gasteiger partial charge on any atom is 0.0447 e. The highest BCUT2D eigenvalue weighted by Gasteiger charge is 2.12. The molecule has 0 amide bonds. The molecule has 0 heterocycles. The van der Waals surface area contributed by atoms with Crippen molar-refractivity contribution < 1.29 is 0 Å². The second kappa shape index (κ2) is 7.21. The molecule has 0 aliphatic carbocycles. The Morgan fingerprint density at radius 2 is 0.889 bits per heavy atom. The van der Waals surface area contributed by atoms with Gasteiger partial charge in [0.2, 0.25) is 0 Å². The second-order valence-corrected chi connectivity index (χ2v) is 8.60. The van der Waals surface area contributed by atoms with Gasteiger partial charge in [0, 0.05) is 50.3 Å². The minimum absolute atomic E-state index is 0.609. The van der Waals surface area contributed by atoms with Crippen LogP contribution in [0.4, 0.5) is 11.4 Å². The SMILES string of the molecule is CN(C)c1cccc2cccc(Pc3cccc4cccc(N(C)C)c34)c12. The van der Waals surface area contributed by atoms with Crippen molar-refractivity contribution in [2.45, 2.75) is 0 Å². The minimum atomic E-state index is 0.609. The summed E-state index contributed by atoms with van der Waals surface area (Å²) in [5.41, 5.74) is 2.56. The molecule has 4 aromatic carbocycles. The summed E-state index contributed by atoms with van der Waals surface area (Å²) in [6.07, 6.45) is 0. The van der Waals surface area contributed by atoms with Gasteiger partial charge < -0.3 is 9.80 Å². The van der Waals surface area contributed by atoms with Gasteiger partial charge in [-0.15, -0.1) is 0 Å². The first-order valence-corrected chi connectivity index (χ1v) is 10.2. The summed E-state index contributed by atoms with van der Waals surface area (Å²) in [5, 5.41) is 8.14. The molecule has 0 aromatic heterocycles. The van der Waals surface area contributed by atoms with Crippen LogP contribution < -0.4 is 20.4 Å². The third-order valence-corrected chi connectivity index (χ3v) is 6.37. The van der Waals surface area contributed by atoms with Crippen LogP contribution in [0.2, 0.25) is 0 Å². The standard InChI is InChI=1S/C24H25N2P/c1-25(2)19-13-5-9-17-11-7-15-21(23(17)19)27-22-16-8-12-18-10-6-14-20(24(18)22)26(3)4/h5-16,27H,1-4H3. The van der Waals surface area contributed by atoms with Crippen molar-refractivity contribution in [1.29, 1.82) is 0 Å². The Balaban J connectivity index is 1.94. The van der Waals surface area contributed by atoms with Crippen LogP contribution in [0.15, 0.2) is 72.8 Å². The average molecular weight is 372 g/mol. The number of fused-ring (bicyclic) bond motifs is 2. The number of benzene rings is 4. The molecule has 0 saturated carbocycles. The van der Waals surface area contributed by atoms with Crippen molar-refractivity contribution in [2.75, 3.05) is 38.0 Å². The van der Waals surface area contributed by atoms with Crippen LogP contribution >= 0.6 is 8.58 Å². The molecule has 0 radical (unpaired) electrons. The number of anilines is 2. The van der Waals surface area contributed by atoms with E-state index in [9.17, 15) is 0 Å². The Labute approximate surface area is 163 Å². The third kappa shape index (κ3) is 3.26. The maximum atomic E-state index is 2.28. The molecule has 0 atom stereocenters. The van der Waals surface area contributed by atoms with E-state index in [4.69, 9.17) is 0 Å². The first-order chi connectivity index (χ1) is 13.1. The van der Waals surface area contributed by atoms with Gasteiger partial charge in [-0.2, -0.15) is 0 Å². The van der Waals surface area contributed by atoms with Gasteiger partial charge in [0.1, 0.15) is 0 Å². The Morgan fingerprint density at radius 1 is 0.519 bits per heavy atom. The van der Waals surface area contributed by atoms with Gasteiger partial charge in [-0.25, -0.2) is 0 Å². The van der Waals surface area contributed by atoms with Crippen molar-refractivity contribution in [1.82, 2.24) is 0 Å². The van der Waals surface area contributed by atoms with E-state index in [1.807, 2.05) is 0 Å². The largest absolute Gasteiger partial charge is 0.377 e. The van der Waals surface area contributed by atoms with Crippen LogP contribution in [0.5, 0.6) is 0 Å². The molecule has 0 aliphatic rings. The van der Waals surface area contributed by atoms with E-state index in [1.165, 1.54) is 43.5 Å². The van der Waals surface area contributed by atoms with E-state index >= 15 is 0 Å². The fourth-order valence-electron chi connectivity index (χ4n) is 3.74. The van der Waals surface area contributed by atoms with Gasteiger partial charge in [0.05, 0.1) is 0 Å². The Kier molecular flexibility index (Phi) is 4.76. The van der Waals surface area contributed by atoms with E-state index in [2.05, 4.69) is 111 Å². The lowest BCUT2D eigenvalue weighted by Gasteiger charge is -2.20. The molecule has 0 fully saturated rings. The number of rotatable bonds is 4. The zero-order chi connectivity index (χ0) is 19.0. The van der Waals surface area contributed by atoms with Crippen molar-refractivity contribution in [3.63, 3.8) is 0 Å². The van der Waals surface area contributed by atoms with Gasteiger partial charge in [0.15, 0.2) is 0 Å². The maximum absolute atomic E-state index is 2.28. The molecule has 0 spiro atoms. The predicted molar refractivity (Wildman–Crippen MR) is 124 cm³/mol. The Bertz CT molecular complexity index is 1020. The summed E-state index contributed by atoms with van der Waals surface area (Å²) >= 11 is 0. The molecule has 2 nitrogen and oxygen atoms in total. The number of hydrogen-bond acceptors (Lipinski definition) is 2. The highest BCUT2D eigenvalue weighted by molar-refractivity contribution is 7.56. The van der Waals surface area contributed by atoms with Crippen LogP contribution in [-0.4, -0.2) is 28.2 Å². The zero-order valence-corrected chi connectivity index (χ0v) is 17.3. The quantitative estimate of drug-likeness (QED) is 0.477. The van der Waals surface area contributed by atoms with E-state index < -0.39 is 0 Å². The van der Waals surface area contributed by atoms with Crippen molar-refractivity contribution >= 4 is 52.1 Å². The molecule has 0 saturated heterocycles. The van der Waals surface area contributed by atoms with Crippen molar-refractivity contribution in [2.24, 2.45) is 0 Å². The highest BCUT2D eigenvalue weighted by atomic mass is 31.1. The van der Waals surface area contributed by atoms with Gasteiger partial charge in [-0.3, -0.25) is 0 Å². The monoisotopic (exact) mass is 372 g/mol. The molecule has 4 aromatic rings. The van der Waals surface area contributed by atoms with E-state index in [1.54, 1.807) is 0 Å². The summed E-state index contributed by atoms with van der Waals surface area (Å²) in [6.45, 7) is 0. The summed E-state index contributed by atoms with van der Waals surface area (Å²) in [5.74, 6) is 0. The summed E-state index contributed by atoms with van der Waals surface area (Å²) < 4.78 is 0. The molecule has 27 heavy (non-hydrogen) atoms. The molecule has 0 aliphatic heterocycles. The van der Waals surface area contributed by atoms with Gasteiger partial charge in [-0.1, -0.05) is 69.2 Å². The summed E-state index contributed by atoms with van der Waals surface area (Å²) in [6, 6.07) is 26.5. The van der Waals surface area contributed by atoms with E-state index in [0.29, 0.717) is 8.58 Å². The smallest absolute Gasteiger partial charge is 0.0447 e. The zero-order valence-electron chi connectivity index (χ0n) is 16.3. The summed E-state index contributed by atoms with van der Waals surface area (Å²) in [4.78, 5) is 4.43. The lowest BCUT2D eigenvalue weighted by Crippen LogP contribution is -2.15. The number of hydrogen-bond donors (Lipinski definition) is 0. The first-order valence-electron chi connectivity index (χ1n) is 9.21. The highest BCUT2D eigenvalue weighted by Crippen LogP contribution is 2.32. The van der Waals surface area contributed by atoms with E-state index in [0.717, 1.165) is 0 Å². The van der Waals surface area contributed by atoms with Crippen LogP contribution in [0.3, 0.4) is 0 Å². The molecular formula is C24H25N2P. The van der Waals surface area contributed by atoms with Gasteiger partial charge in [0.25, 0.3) is 0 Å². The average Bonchev–Trinajstić information content (AvgIpc) is 2.67. The summed E-state index contributed by atoms with van der Waals surface area (Å²) in [7, 11) is 9.10. The number of nitrogens with zero attached hydrogens (tertiary/aromatic N) is 2. The molecule has 0 N–H and O–H groups in total. The van der Waals surface area contributed by atoms with Crippen LogP contribution in [0.25, 0.3) is 21.5 Å². The van der Waals surface area contributed by atoms with E-state index in [-0.39, 0.29) is 0 Å². The van der Waals surface area contributed by atoms with Gasteiger partial charge >= 0.3 is 0 Å². The van der Waals surface area contributed by atoms with Crippen LogP contribution in [0.1, 0.15) is 0 Å². The Hall–Kier alpha value is -2.57. The molecule has 3 heteroatoms. The molecular weight excluding hydrogens is 347 g/mol. The lowest BCUT2D eigenvalue weighted by molar-refractivity contribution is 1.14. The molecule has 0 bridgehead atoms. The van der Waals surface area contributed by atoms with Crippen LogP contribution in [0, 0.1) is 0 Å². The Morgan fingerprint density at radius 3 is 1.26 bits per heavy atom.